The average molecular weight is 599 g/mol. The molecule has 0 saturated heterocycles. The maximum absolute atomic E-state index is 6.84. The number of nitrogens with zero attached hydrogens (tertiary/aromatic N) is 2. The van der Waals surface area contributed by atoms with Crippen LogP contribution >= 0.6 is 0 Å². The van der Waals surface area contributed by atoms with E-state index in [1.54, 1.807) is 0 Å². The smallest absolute Gasteiger partial charge is 0.161 e. The number of benzene rings is 8. The van der Waals surface area contributed by atoms with E-state index < -0.39 is 0 Å². The summed E-state index contributed by atoms with van der Waals surface area (Å²) < 4.78 is 6.84. The highest BCUT2D eigenvalue weighted by molar-refractivity contribution is 6.26. The molecule has 3 heteroatoms. The number of ether oxygens (including phenoxy) is 1. The zero-order valence-corrected chi connectivity index (χ0v) is 25.3. The van der Waals surface area contributed by atoms with Gasteiger partial charge in [0.15, 0.2) is 5.82 Å². The Bertz CT molecular complexity index is 2690. The van der Waals surface area contributed by atoms with E-state index in [0.29, 0.717) is 5.82 Å². The van der Waals surface area contributed by atoms with Gasteiger partial charge in [-0.1, -0.05) is 140 Å². The quantitative estimate of drug-likeness (QED) is 0.189. The molecule has 0 fully saturated rings. The molecule has 10 rings (SSSR count). The minimum absolute atomic E-state index is 0.681. The predicted octanol–water partition coefficient (Wildman–Crippen LogP) is 11.9. The van der Waals surface area contributed by atoms with E-state index in [-0.39, 0.29) is 0 Å². The Morgan fingerprint density at radius 1 is 0.383 bits per heavy atom. The van der Waals surface area contributed by atoms with Crippen LogP contribution in [0.3, 0.4) is 0 Å². The van der Waals surface area contributed by atoms with Crippen LogP contribution < -0.4 is 4.74 Å². The van der Waals surface area contributed by atoms with Gasteiger partial charge in [0.1, 0.15) is 11.5 Å². The Labute approximate surface area is 271 Å². The molecule has 1 aliphatic heterocycles. The molecule has 218 valence electrons. The first-order valence-electron chi connectivity index (χ1n) is 15.9. The lowest BCUT2D eigenvalue weighted by Crippen LogP contribution is -2.00. The summed E-state index contributed by atoms with van der Waals surface area (Å²) in [6, 6.07) is 55.3. The number of aromatic nitrogens is 2. The average Bonchev–Trinajstić information content (AvgIpc) is 3.15. The Morgan fingerprint density at radius 2 is 0.979 bits per heavy atom. The standard InChI is InChI=1S/C44H26N2O/c1-3-10-27(11-4-1)32-15-8-17-34-33(32)16-9-18-35(34)44-45-37(28-12-5-2-6-13-28)26-38(46-44)36-25-24-31-23-22-30-21-20-29-14-7-19-39-40(29)41(30)42(31)43(36)47-39/h1-26H. The van der Waals surface area contributed by atoms with E-state index in [1.165, 1.54) is 38.1 Å². The third kappa shape index (κ3) is 4.00. The lowest BCUT2D eigenvalue weighted by Gasteiger charge is -2.23. The second-order valence-electron chi connectivity index (χ2n) is 12.1. The van der Waals surface area contributed by atoms with Crippen molar-refractivity contribution in [3.05, 3.63) is 158 Å². The van der Waals surface area contributed by atoms with Gasteiger partial charge in [0.2, 0.25) is 0 Å². The van der Waals surface area contributed by atoms with Gasteiger partial charge in [-0.05, 0) is 56.3 Å². The van der Waals surface area contributed by atoms with Gasteiger partial charge >= 0.3 is 0 Å². The van der Waals surface area contributed by atoms with Gasteiger partial charge in [0.05, 0.1) is 11.4 Å². The first-order valence-corrected chi connectivity index (χ1v) is 15.9. The first kappa shape index (κ1) is 26.0. The van der Waals surface area contributed by atoms with E-state index in [4.69, 9.17) is 14.7 Å². The molecule has 0 atom stereocenters. The topological polar surface area (TPSA) is 35.0 Å². The van der Waals surface area contributed by atoms with Crippen LogP contribution in [-0.4, -0.2) is 9.97 Å². The lowest BCUT2D eigenvalue weighted by atomic mass is 9.91. The highest BCUT2D eigenvalue weighted by Gasteiger charge is 2.24. The summed E-state index contributed by atoms with van der Waals surface area (Å²) in [6.07, 6.45) is 0. The minimum atomic E-state index is 0.681. The van der Waals surface area contributed by atoms with Crippen molar-refractivity contribution in [3.8, 4) is 56.5 Å². The predicted molar refractivity (Wildman–Crippen MR) is 194 cm³/mol. The fraction of sp³-hybridized carbons (Fsp3) is 0. The second-order valence-corrected chi connectivity index (χ2v) is 12.1. The summed E-state index contributed by atoms with van der Waals surface area (Å²) in [4.78, 5) is 10.5. The van der Waals surface area contributed by atoms with Gasteiger partial charge in [-0.3, -0.25) is 0 Å². The Kier molecular flexibility index (Phi) is 5.57. The van der Waals surface area contributed by atoms with Crippen molar-refractivity contribution in [2.24, 2.45) is 0 Å². The SMILES string of the molecule is c1ccc(-c2cc(-c3ccc4ccc5ccc6cccc7c6c5c4c3O7)nc(-c3cccc4c(-c5ccccc5)cccc34)n2)cc1. The van der Waals surface area contributed by atoms with E-state index in [0.717, 1.165) is 55.7 Å². The second kappa shape index (κ2) is 10.1. The summed E-state index contributed by atoms with van der Waals surface area (Å²) in [7, 11) is 0. The molecule has 0 aliphatic carbocycles. The van der Waals surface area contributed by atoms with Gasteiger partial charge in [-0.25, -0.2) is 9.97 Å². The fourth-order valence-corrected chi connectivity index (χ4v) is 7.28. The highest BCUT2D eigenvalue weighted by Crippen LogP contribution is 2.50. The molecule has 1 aliphatic rings. The number of hydrogen-bond acceptors (Lipinski definition) is 3. The van der Waals surface area contributed by atoms with Crippen molar-refractivity contribution >= 4 is 43.1 Å². The summed E-state index contributed by atoms with van der Waals surface area (Å²) in [5.41, 5.74) is 7.04. The van der Waals surface area contributed by atoms with Crippen LogP contribution in [0.2, 0.25) is 0 Å². The Hall–Kier alpha value is -6.32. The molecular formula is C44H26N2O. The van der Waals surface area contributed by atoms with Gasteiger partial charge in [0, 0.05) is 32.8 Å². The summed E-state index contributed by atoms with van der Waals surface area (Å²) in [5, 5.41) is 9.35. The van der Waals surface area contributed by atoms with Gasteiger partial charge in [0.25, 0.3) is 0 Å². The van der Waals surface area contributed by atoms with E-state index in [2.05, 4.69) is 152 Å². The van der Waals surface area contributed by atoms with Crippen molar-refractivity contribution in [1.82, 2.24) is 9.97 Å². The molecule has 47 heavy (non-hydrogen) atoms. The third-order valence-electron chi connectivity index (χ3n) is 9.45. The van der Waals surface area contributed by atoms with Crippen LogP contribution in [0.25, 0.3) is 88.1 Å². The van der Waals surface area contributed by atoms with Crippen LogP contribution in [0.5, 0.6) is 11.5 Å². The summed E-state index contributed by atoms with van der Waals surface area (Å²) >= 11 is 0. The van der Waals surface area contributed by atoms with Crippen LogP contribution in [0, 0.1) is 0 Å². The molecule has 3 nitrogen and oxygen atoms in total. The molecule has 8 aromatic carbocycles. The zero-order chi connectivity index (χ0) is 30.9. The lowest BCUT2D eigenvalue weighted by molar-refractivity contribution is 0.494. The number of fused-ring (bicyclic) bond motifs is 1. The van der Waals surface area contributed by atoms with Crippen LogP contribution in [0.15, 0.2) is 158 Å². The van der Waals surface area contributed by atoms with Crippen molar-refractivity contribution in [1.29, 1.82) is 0 Å². The van der Waals surface area contributed by atoms with E-state index in [1.807, 2.05) is 6.07 Å². The fourth-order valence-electron chi connectivity index (χ4n) is 7.28. The molecule has 0 saturated carbocycles. The molecule has 0 bridgehead atoms. The van der Waals surface area contributed by atoms with Gasteiger partial charge < -0.3 is 4.74 Å². The monoisotopic (exact) mass is 598 g/mol. The van der Waals surface area contributed by atoms with Crippen LogP contribution in [0.4, 0.5) is 0 Å². The number of rotatable bonds is 4. The van der Waals surface area contributed by atoms with E-state index >= 15 is 0 Å². The molecular weight excluding hydrogens is 572 g/mol. The minimum Gasteiger partial charge on any atom is -0.455 e. The highest BCUT2D eigenvalue weighted by atomic mass is 16.5. The Balaban J connectivity index is 1.25. The number of hydrogen-bond donors (Lipinski definition) is 0. The third-order valence-corrected chi connectivity index (χ3v) is 9.45. The van der Waals surface area contributed by atoms with Crippen molar-refractivity contribution in [3.63, 3.8) is 0 Å². The molecule has 0 radical (unpaired) electrons. The first-order chi connectivity index (χ1) is 23.3. The maximum atomic E-state index is 6.84. The summed E-state index contributed by atoms with van der Waals surface area (Å²) in [5.74, 6) is 2.40. The Morgan fingerprint density at radius 3 is 1.74 bits per heavy atom. The maximum Gasteiger partial charge on any atom is 0.161 e. The largest absolute Gasteiger partial charge is 0.455 e. The molecule has 9 aromatic rings. The van der Waals surface area contributed by atoms with Crippen LogP contribution in [-0.2, 0) is 0 Å². The molecule has 0 spiro atoms. The molecule has 1 aromatic heterocycles. The van der Waals surface area contributed by atoms with E-state index in [9.17, 15) is 0 Å². The van der Waals surface area contributed by atoms with Crippen molar-refractivity contribution in [2.45, 2.75) is 0 Å². The zero-order valence-electron chi connectivity index (χ0n) is 25.3. The van der Waals surface area contributed by atoms with Crippen molar-refractivity contribution < 1.29 is 4.74 Å². The van der Waals surface area contributed by atoms with Gasteiger partial charge in [-0.15, -0.1) is 0 Å². The normalized spacial score (nSPS) is 12.0. The van der Waals surface area contributed by atoms with Crippen molar-refractivity contribution in [2.75, 3.05) is 0 Å². The summed E-state index contributed by atoms with van der Waals surface area (Å²) in [6.45, 7) is 0. The molecule has 0 amide bonds. The van der Waals surface area contributed by atoms with Crippen LogP contribution in [0.1, 0.15) is 0 Å². The van der Waals surface area contributed by atoms with Gasteiger partial charge in [-0.2, -0.15) is 0 Å². The molecule has 2 heterocycles. The molecule has 0 unspecified atom stereocenters. The molecule has 0 N–H and O–H groups in total.